The fraction of sp³-hybridized carbons (Fsp3) is 0.154. The molecule has 1 amide bonds. The molecule has 0 saturated carbocycles. The number of benzene rings is 1. The van der Waals surface area contributed by atoms with E-state index in [1.807, 2.05) is 37.4 Å². The number of anilines is 1. The van der Waals surface area contributed by atoms with Gasteiger partial charge in [-0.2, -0.15) is 0 Å². The maximum Gasteiger partial charge on any atom is 0.265 e. The SMILES string of the molecule is Cc1cc(C)c(NC(=O)c2cccs2)c(Cl)c1. The summed E-state index contributed by atoms with van der Waals surface area (Å²) in [7, 11) is 0. The molecule has 0 saturated heterocycles. The first kappa shape index (κ1) is 12.1. The Kier molecular flexibility index (Phi) is 3.50. The molecule has 2 nitrogen and oxygen atoms in total. The van der Waals surface area contributed by atoms with Crippen LogP contribution < -0.4 is 5.32 Å². The fourth-order valence-electron chi connectivity index (χ4n) is 1.66. The summed E-state index contributed by atoms with van der Waals surface area (Å²) < 4.78 is 0. The van der Waals surface area contributed by atoms with Gasteiger partial charge in [0.1, 0.15) is 0 Å². The molecule has 17 heavy (non-hydrogen) atoms. The van der Waals surface area contributed by atoms with Crippen LogP contribution in [0.4, 0.5) is 5.69 Å². The summed E-state index contributed by atoms with van der Waals surface area (Å²) in [6.07, 6.45) is 0. The monoisotopic (exact) mass is 265 g/mol. The zero-order valence-electron chi connectivity index (χ0n) is 9.58. The second-order valence-corrected chi connectivity index (χ2v) is 5.22. The van der Waals surface area contributed by atoms with E-state index in [9.17, 15) is 4.79 Å². The van der Waals surface area contributed by atoms with Gasteiger partial charge < -0.3 is 5.32 Å². The van der Waals surface area contributed by atoms with E-state index in [2.05, 4.69) is 5.32 Å². The Morgan fingerprint density at radius 2 is 2.12 bits per heavy atom. The number of hydrogen-bond donors (Lipinski definition) is 1. The Balaban J connectivity index is 2.28. The number of nitrogens with one attached hydrogen (secondary N) is 1. The molecule has 0 aliphatic rings. The first-order valence-electron chi connectivity index (χ1n) is 5.19. The van der Waals surface area contributed by atoms with Crippen molar-refractivity contribution in [2.24, 2.45) is 0 Å². The Morgan fingerprint density at radius 1 is 1.35 bits per heavy atom. The summed E-state index contributed by atoms with van der Waals surface area (Å²) in [5.41, 5.74) is 2.75. The van der Waals surface area contributed by atoms with Crippen molar-refractivity contribution in [3.8, 4) is 0 Å². The van der Waals surface area contributed by atoms with Crippen molar-refractivity contribution in [2.45, 2.75) is 13.8 Å². The van der Waals surface area contributed by atoms with Crippen molar-refractivity contribution in [2.75, 3.05) is 5.32 Å². The van der Waals surface area contributed by atoms with Crippen LogP contribution in [0.1, 0.15) is 20.8 Å². The normalized spacial score (nSPS) is 10.3. The molecule has 0 fully saturated rings. The molecule has 0 spiro atoms. The molecule has 88 valence electrons. The minimum absolute atomic E-state index is 0.117. The Bertz CT molecular complexity index is 526. The number of carbonyl (C=O) groups excluding carboxylic acids is 1. The topological polar surface area (TPSA) is 29.1 Å². The Hall–Kier alpha value is -1.32. The van der Waals surface area contributed by atoms with Gasteiger partial charge in [0.15, 0.2) is 0 Å². The van der Waals surface area contributed by atoms with Gasteiger partial charge in [0, 0.05) is 0 Å². The van der Waals surface area contributed by atoms with Gasteiger partial charge in [-0.05, 0) is 42.5 Å². The van der Waals surface area contributed by atoms with Crippen LogP contribution in [0.5, 0.6) is 0 Å². The van der Waals surface area contributed by atoms with E-state index in [0.29, 0.717) is 15.6 Å². The van der Waals surface area contributed by atoms with Crippen molar-refractivity contribution >= 4 is 34.5 Å². The zero-order valence-corrected chi connectivity index (χ0v) is 11.2. The van der Waals surface area contributed by atoms with Gasteiger partial charge in [-0.1, -0.05) is 23.7 Å². The first-order valence-corrected chi connectivity index (χ1v) is 6.45. The molecule has 1 aromatic heterocycles. The van der Waals surface area contributed by atoms with E-state index >= 15 is 0 Å². The number of rotatable bonds is 2. The third-order valence-electron chi connectivity index (χ3n) is 2.42. The largest absolute Gasteiger partial charge is 0.320 e. The van der Waals surface area contributed by atoms with E-state index in [-0.39, 0.29) is 5.91 Å². The van der Waals surface area contributed by atoms with Gasteiger partial charge in [0.05, 0.1) is 15.6 Å². The van der Waals surface area contributed by atoms with E-state index in [4.69, 9.17) is 11.6 Å². The number of hydrogen-bond acceptors (Lipinski definition) is 2. The lowest BCUT2D eigenvalue weighted by Gasteiger charge is -2.10. The number of aryl methyl sites for hydroxylation is 2. The van der Waals surface area contributed by atoms with Crippen LogP contribution in [-0.2, 0) is 0 Å². The summed E-state index contributed by atoms with van der Waals surface area (Å²) in [5, 5.41) is 5.30. The molecular formula is C13H12ClNOS. The van der Waals surface area contributed by atoms with E-state index in [1.165, 1.54) is 11.3 Å². The molecule has 1 heterocycles. The lowest BCUT2D eigenvalue weighted by molar-refractivity contribution is 0.103. The van der Waals surface area contributed by atoms with Gasteiger partial charge in [-0.25, -0.2) is 0 Å². The molecule has 0 aliphatic carbocycles. The van der Waals surface area contributed by atoms with Crippen molar-refractivity contribution < 1.29 is 4.79 Å². The molecular weight excluding hydrogens is 254 g/mol. The third-order valence-corrected chi connectivity index (χ3v) is 3.58. The predicted molar refractivity (Wildman–Crippen MR) is 73.2 cm³/mol. The van der Waals surface area contributed by atoms with Crippen LogP contribution in [0.15, 0.2) is 29.6 Å². The van der Waals surface area contributed by atoms with Gasteiger partial charge in [0.25, 0.3) is 5.91 Å². The molecule has 2 rings (SSSR count). The summed E-state index contributed by atoms with van der Waals surface area (Å²) in [4.78, 5) is 12.6. The minimum Gasteiger partial charge on any atom is -0.320 e. The average Bonchev–Trinajstić information content (AvgIpc) is 2.76. The van der Waals surface area contributed by atoms with E-state index in [0.717, 1.165) is 11.1 Å². The second-order valence-electron chi connectivity index (χ2n) is 3.87. The molecule has 1 N–H and O–H groups in total. The molecule has 0 bridgehead atoms. The standard InChI is InChI=1S/C13H12ClNOS/c1-8-6-9(2)12(10(14)7-8)15-13(16)11-4-3-5-17-11/h3-7H,1-2H3,(H,15,16). The van der Waals surface area contributed by atoms with Crippen molar-refractivity contribution in [1.29, 1.82) is 0 Å². The van der Waals surface area contributed by atoms with E-state index < -0.39 is 0 Å². The minimum atomic E-state index is -0.117. The van der Waals surface area contributed by atoms with Gasteiger partial charge in [0.2, 0.25) is 0 Å². The second kappa shape index (κ2) is 4.90. The van der Waals surface area contributed by atoms with Crippen LogP contribution in [0.25, 0.3) is 0 Å². The van der Waals surface area contributed by atoms with Gasteiger partial charge >= 0.3 is 0 Å². The maximum absolute atomic E-state index is 11.9. The highest BCUT2D eigenvalue weighted by Gasteiger charge is 2.11. The smallest absolute Gasteiger partial charge is 0.265 e. The first-order chi connectivity index (χ1) is 8.08. The van der Waals surface area contributed by atoms with Crippen LogP contribution in [0.3, 0.4) is 0 Å². The molecule has 2 aromatic rings. The van der Waals surface area contributed by atoms with Crippen LogP contribution in [0.2, 0.25) is 5.02 Å². The molecule has 0 aliphatic heterocycles. The van der Waals surface area contributed by atoms with Gasteiger partial charge in [-0.15, -0.1) is 11.3 Å². The Labute approximate surface area is 109 Å². The number of carbonyl (C=O) groups is 1. The highest BCUT2D eigenvalue weighted by molar-refractivity contribution is 7.12. The van der Waals surface area contributed by atoms with Crippen LogP contribution in [0, 0.1) is 13.8 Å². The number of thiophene rings is 1. The highest BCUT2D eigenvalue weighted by atomic mass is 35.5. The van der Waals surface area contributed by atoms with E-state index in [1.54, 1.807) is 6.07 Å². The maximum atomic E-state index is 11.9. The molecule has 0 unspecified atom stereocenters. The fourth-order valence-corrected chi connectivity index (χ4v) is 2.64. The lowest BCUT2D eigenvalue weighted by atomic mass is 10.1. The lowest BCUT2D eigenvalue weighted by Crippen LogP contribution is -2.11. The molecule has 0 atom stereocenters. The molecule has 1 aromatic carbocycles. The van der Waals surface area contributed by atoms with Crippen molar-refractivity contribution in [3.63, 3.8) is 0 Å². The summed E-state index contributed by atoms with van der Waals surface area (Å²) in [6.45, 7) is 3.91. The van der Waals surface area contributed by atoms with Crippen molar-refractivity contribution in [1.82, 2.24) is 0 Å². The quantitative estimate of drug-likeness (QED) is 0.863. The van der Waals surface area contributed by atoms with Crippen molar-refractivity contribution in [3.05, 3.63) is 50.7 Å². The number of amides is 1. The summed E-state index contributed by atoms with van der Waals surface area (Å²) in [6, 6.07) is 7.48. The van der Waals surface area contributed by atoms with Crippen LogP contribution >= 0.6 is 22.9 Å². The summed E-state index contributed by atoms with van der Waals surface area (Å²) in [5.74, 6) is -0.117. The molecule has 0 radical (unpaired) electrons. The zero-order chi connectivity index (χ0) is 12.4. The molecule has 4 heteroatoms. The number of halogens is 1. The third kappa shape index (κ3) is 2.68. The average molecular weight is 266 g/mol. The van der Waals surface area contributed by atoms with Crippen LogP contribution in [-0.4, -0.2) is 5.91 Å². The Morgan fingerprint density at radius 3 is 2.71 bits per heavy atom. The highest BCUT2D eigenvalue weighted by Crippen LogP contribution is 2.28. The van der Waals surface area contributed by atoms with Gasteiger partial charge in [-0.3, -0.25) is 4.79 Å². The summed E-state index contributed by atoms with van der Waals surface area (Å²) >= 11 is 7.54. The predicted octanol–water partition coefficient (Wildman–Crippen LogP) is 4.27.